The predicted molar refractivity (Wildman–Crippen MR) is 105 cm³/mol. The maximum absolute atomic E-state index is 13.6. The zero-order chi connectivity index (χ0) is 19.1. The smallest absolute Gasteiger partial charge is 0.341 e. The molecule has 0 aliphatic carbocycles. The number of nitrogens with one attached hydrogen (secondary N) is 1. The molecule has 1 N–H and O–H groups in total. The minimum absolute atomic E-state index is 0.0562. The van der Waals surface area contributed by atoms with Gasteiger partial charge in [-0.25, -0.2) is 9.18 Å². The van der Waals surface area contributed by atoms with E-state index in [0.29, 0.717) is 21.4 Å². The second kappa shape index (κ2) is 9.73. The van der Waals surface area contributed by atoms with Crippen LogP contribution < -0.4 is 5.32 Å². The van der Waals surface area contributed by atoms with Crippen LogP contribution in [0, 0.1) is 11.7 Å². The summed E-state index contributed by atoms with van der Waals surface area (Å²) in [5, 5.41) is 5.13. The lowest BCUT2D eigenvalue weighted by atomic mass is 10.0. The zero-order valence-electron chi connectivity index (χ0n) is 15.0. The molecule has 4 nitrogen and oxygen atoms in total. The summed E-state index contributed by atoms with van der Waals surface area (Å²) in [5.74, 6) is -0.644. The Hall–Kier alpha value is -1.86. The summed E-state index contributed by atoms with van der Waals surface area (Å²) in [6, 6.07) is 6.31. The van der Waals surface area contributed by atoms with Crippen LogP contribution in [-0.4, -0.2) is 24.2 Å². The van der Waals surface area contributed by atoms with E-state index in [4.69, 9.17) is 4.74 Å². The van der Waals surface area contributed by atoms with E-state index in [-0.39, 0.29) is 24.1 Å². The van der Waals surface area contributed by atoms with Crippen molar-refractivity contribution >= 4 is 40.0 Å². The lowest BCUT2D eigenvalue weighted by Crippen LogP contribution is -2.17. The average molecular weight is 396 g/mol. The van der Waals surface area contributed by atoms with E-state index in [1.807, 2.05) is 5.38 Å². The van der Waals surface area contributed by atoms with Crippen molar-refractivity contribution in [3.63, 3.8) is 0 Å². The van der Waals surface area contributed by atoms with E-state index in [0.717, 1.165) is 23.7 Å². The van der Waals surface area contributed by atoms with Crippen molar-refractivity contribution in [1.82, 2.24) is 0 Å². The van der Waals surface area contributed by atoms with Crippen LogP contribution in [0.3, 0.4) is 0 Å². The monoisotopic (exact) mass is 395 g/mol. The van der Waals surface area contributed by atoms with Gasteiger partial charge in [0.1, 0.15) is 10.8 Å². The first-order valence-corrected chi connectivity index (χ1v) is 10.2. The molecular formula is C19H22FNO3S2. The SMILES string of the molecule is CCOC(=O)c1c(CC(C)C)csc1NC(=O)CSc1ccccc1F. The molecule has 0 bridgehead atoms. The van der Waals surface area contributed by atoms with Crippen molar-refractivity contribution in [3.05, 3.63) is 46.6 Å². The molecule has 0 fully saturated rings. The van der Waals surface area contributed by atoms with E-state index in [9.17, 15) is 14.0 Å². The second-order valence-corrected chi connectivity index (χ2v) is 7.95. The topological polar surface area (TPSA) is 55.4 Å². The van der Waals surface area contributed by atoms with Crippen LogP contribution in [0.15, 0.2) is 34.5 Å². The number of benzene rings is 1. The first kappa shape index (κ1) is 20.5. The fourth-order valence-electron chi connectivity index (χ4n) is 2.37. The van der Waals surface area contributed by atoms with Crippen LogP contribution >= 0.6 is 23.1 Å². The second-order valence-electron chi connectivity index (χ2n) is 6.05. The number of hydrogen-bond acceptors (Lipinski definition) is 5. The van der Waals surface area contributed by atoms with Gasteiger partial charge < -0.3 is 10.1 Å². The molecule has 0 spiro atoms. The zero-order valence-corrected chi connectivity index (χ0v) is 16.6. The Morgan fingerprint density at radius 1 is 1.31 bits per heavy atom. The Bertz CT molecular complexity index is 774. The molecule has 0 aliphatic rings. The Morgan fingerprint density at radius 3 is 2.69 bits per heavy atom. The molecule has 2 aromatic rings. The summed E-state index contributed by atoms with van der Waals surface area (Å²) in [7, 11) is 0. The number of thiophene rings is 1. The number of carbonyl (C=O) groups excluding carboxylic acids is 2. The average Bonchev–Trinajstić information content (AvgIpc) is 2.96. The lowest BCUT2D eigenvalue weighted by molar-refractivity contribution is -0.113. The van der Waals surface area contributed by atoms with Crippen LogP contribution in [0.2, 0.25) is 0 Å². The number of carbonyl (C=O) groups is 2. The van der Waals surface area contributed by atoms with Crippen LogP contribution in [0.5, 0.6) is 0 Å². The van der Waals surface area contributed by atoms with E-state index >= 15 is 0 Å². The molecule has 0 unspecified atom stereocenters. The van der Waals surface area contributed by atoms with Gasteiger partial charge in [-0.3, -0.25) is 4.79 Å². The maximum Gasteiger partial charge on any atom is 0.341 e. The molecule has 140 valence electrons. The number of halogens is 1. The fraction of sp³-hybridized carbons (Fsp3) is 0.368. The number of ether oxygens (including phenoxy) is 1. The van der Waals surface area contributed by atoms with Crippen LogP contribution in [-0.2, 0) is 16.0 Å². The van der Waals surface area contributed by atoms with Crippen LogP contribution in [0.4, 0.5) is 9.39 Å². The molecule has 1 amide bonds. The Kier molecular flexibility index (Phi) is 7.66. The molecular weight excluding hydrogens is 373 g/mol. The molecule has 0 atom stereocenters. The van der Waals surface area contributed by atoms with Crippen molar-refractivity contribution in [2.24, 2.45) is 5.92 Å². The summed E-state index contributed by atoms with van der Waals surface area (Å²) in [6.45, 7) is 6.15. The van der Waals surface area contributed by atoms with Crippen molar-refractivity contribution in [2.45, 2.75) is 32.1 Å². The van der Waals surface area contributed by atoms with Gasteiger partial charge in [0.05, 0.1) is 17.9 Å². The third kappa shape index (κ3) is 5.57. The fourth-order valence-corrected chi connectivity index (χ4v) is 4.09. The van der Waals surface area contributed by atoms with Gasteiger partial charge in [-0.15, -0.1) is 23.1 Å². The molecule has 2 rings (SSSR count). The van der Waals surface area contributed by atoms with E-state index < -0.39 is 5.97 Å². The lowest BCUT2D eigenvalue weighted by Gasteiger charge is -2.10. The third-order valence-corrected chi connectivity index (χ3v) is 5.42. The maximum atomic E-state index is 13.6. The number of anilines is 1. The van der Waals surface area contributed by atoms with Gasteiger partial charge in [-0.05, 0) is 42.3 Å². The first-order chi connectivity index (χ1) is 12.4. The molecule has 0 aliphatic heterocycles. The molecule has 0 radical (unpaired) electrons. The predicted octanol–water partition coefficient (Wildman–Crippen LogP) is 4.99. The first-order valence-electron chi connectivity index (χ1n) is 8.37. The highest BCUT2D eigenvalue weighted by Crippen LogP contribution is 2.31. The Balaban J connectivity index is 2.09. The van der Waals surface area contributed by atoms with Crippen molar-refractivity contribution in [3.8, 4) is 0 Å². The number of amides is 1. The van der Waals surface area contributed by atoms with Gasteiger partial charge in [0.15, 0.2) is 0 Å². The number of hydrogen-bond donors (Lipinski definition) is 1. The van der Waals surface area contributed by atoms with Crippen LogP contribution in [0.25, 0.3) is 0 Å². The molecule has 7 heteroatoms. The minimum atomic E-state index is -0.429. The Morgan fingerprint density at radius 2 is 2.04 bits per heavy atom. The standard InChI is InChI=1S/C19H22FNO3S2/c1-4-24-19(23)17-13(9-12(2)3)10-26-18(17)21-16(22)11-25-15-8-6-5-7-14(15)20/h5-8,10,12H,4,9,11H2,1-3H3,(H,21,22). The van der Waals surface area contributed by atoms with E-state index in [2.05, 4.69) is 19.2 Å². The number of rotatable bonds is 8. The quantitative estimate of drug-likeness (QED) is 0.505. The summed E-state index contributed by atoms with van der Waals surface area (Å²) >= 11 is 2.43. The molecule has 1 aromatic carbocycles. The number of esters is 1. The van der Waals surface area contributed by atoms with E-state index in [1.165, 1.54) is 17.4 Å². The molecule has 0 saturated heterocycles. The summed E-state index contributed by atoms with van der Waals surface area (Å²) in [4.78, 5) is 25.0. The molecule has 1 heterocycles. The highest BCUT2D eigenvalue weighted by atomic mass is 32.2. The van der Waals surface area contributed by atoms with Crippen molar-refractivity contribution in [1.29, 1.82) is 0 Å². The van der Waals surface area contributed by atoms with E-state index in [1.54, 1.807) is 25.1 Å². The van der Waals surface area contributed by atoms with Gasteiger partial charge >= 0.3 is 5.97 Å². The summed E-state index contributed by atoms with van der Waals surface area (Å²) in [5.41, 5.74) is 1.30. The van der Waals surface area contributed by atoms with Crippen molar-refractivity contribution in [2.75, 3.05) is 17.7 Å². The molecule has 0 saturated carbocycles. The minimum Gasteiger partial charge on any atom is -0.462 e. The van der Waals surface area contributed by atoms with Gasteiger partial charge in [0, 0.05) is 4.90 Å². The van der Waals surface area contributed by atoms with Gasteiger partial charge in [0.25, 0.3) is 0 Å². The molecule has 1 aromatic heterocycles. The van der Waals surface area contributed by atoms with Crippen molar-refractivity contribution < 1.29 is 18.7 Å². The van der Waals surface area contributed by atoms with Gasteiger partial charge in [-0.2, -0.15) is 0 Å². The largest absolute Gasteiger partial charge is 0.462 e. The third-order valence-electron chi connectivity index (χ3n) is 3.42. The van der Waals surface area contributed by atoms with Gasteiger partial charge in [0.2, 0.25) is 5.91 Å². The van der Waals surface area contributed by atoms with Gasteiger partial charge in [-0.1, -0.05) is 26.0 Å². The molecule has 26 heavy (non-hydrogen) atoms. The number of thioether (sulfide) groups is 1. The highest BCUT2D eigenvalue weighted by molar-refractivity contribution is 8.00. The highest BCUT2D eigenvalue weighted by Gasteiger charge is 2.22. The normalized spacial score (nSPS) is 10.8. The summed E-state index contributed by atoms with van der Waals surface area (Å²) in [6.07, 6.45) is 0.727. The van der Waals surface area contributed by atoms with Crippen LogP contribution in [0.1, 0.15) is 36.7 Å². The Labute approximate surface area is 161 Å². The summed E-state index contributed by atoms with van der Waals surface area (Å²) < 4.78 is 18.8.